The van der Waals surface area contributed by atoms with E-state index in [9.17, 15) is 22.8 Å². The summed E-state index contributed by atoms with van der Waals surface area (Å²) in [5.41, 5.74) is -3.71. The van der Waals surface area contributed by atoms with E-state index >= 15 is 0 Å². The largest absolute Gasteiger partial charge is 0.446 e. The Morgan fingerprint density at radius 1 is 0.964 bits per heavy atom. The van der Waals surface area contributed by atoms with Crippen LogP contribution in [0.3, 0.4) is 0 Å². The monoisotopic (exact) mass is 408 g/mol. The highest BCUT2D eigenvalue weighted by molar-refractivity contribution is 8.00. The fourth-order valence-corrected chi connectivity index (χ4v) is 3.80. The lowest BCUT2D eigenvalue weighted by Crippen LogP contribution is -2.41. The van der Waals surface area contributed by atoms with E-state index in [1.165, 1.54) is 23.1 Å². The molecule has 1 saturated heterocycles. The van der Waals surface area contributed by atoms with Gasteiger partial charge in [-0.15, -0.1) is 0 Å². The van der Waals surface area contributed by atoms with E-state index < -0.39 is 11.4 Å². The van der Waals surface area contributed by atoms with E-state index in [1.54, 1.807) is 18.2 Å². The zero-order valence-electron chi connectivity index (χ0n) is 14.9. The predicted octanol–water partition coefficient (Wildman–Crippen LogP) is 4.79. The zero-order valence-corrected chi connectivity index (χ0v) is 15.7. The van der Waals surface area contributed by atoms with Crippen molar-refractivity contribution >= 4 is 29.3 Å². The Morgan fingerprint density at radius 2 is 1.57 bits per heavy atom. The molecule has 0 radical (unpaired) electrons. The molecule has 0 saturated carbocycles. The first kappa shape index (κ1) is 20.3. The van der Waals surface area contributed by atoms with Gasteiger partial charge in [0, 0.05) is 29.6 Å². The number of carbonyl (C=O) groups is 2. The summed E-state index contributed by atoms with van der Waals surface area (Å²) in [6, 6.07) is 14.8. The number of nitrogens with zero attached hydrogens (tertiary/aromatic N) is 1. The first-order chi connectivity index (χ1) is 13.3. The van der Waals surface area contributed by atoms with Crippen LogP contribution in [0.2, 0.25) is 0 Å². The number of halogens is 3. The summed E-state index contributed by atoms with van der Waals surface area (Å²) < 4.78 is 38.2. The predicted molar refractivity (Wildman–Crippen MR) is 102 cm³/mol. The molecule has 0 spiro atoms. The highest BCUT2D eigenvalue weighted by atomic mass is 32.2. The van der Waals surface area contributed by atoms with E-state index in [0.29, 0.717) is 31.6 Å². The molecule has 0 aliphatic carbocycles. The lowest BCUT2D eigenvalue weighted by Gasteiger charge is -2.31. The Hall–Kier alpha value is -2.48. The van der Waals surface area contributed by atoms with Gasteiger partial charge in [0.1, 0.15) is 0 Å². The van der Waals surface area contributed by atoms with Crippen LogP contribution in [0.5, 0.6) is 0 Å². The first-order valence-electron chi connectivity index (χ1n) is 8.83. The maximum atomic E-state index is 12.7. The summed E-state index contributed by atoms with van der Waals surface area (Å²) >= 11 is -0.285. The molecule has 0 unspecified atom stereocenters. The second-order valence-electron chi connectivity index (χ2n) is 6.47. The van der Waals surface area contributed by atoms with Crippen molar-refractivity contribution in [1.29, 1.82) is 0 Å². The number of hydrogen-bond donors (Lipinski definition) is 1. The van der Waals surface area contributed by atoms with Crippen LogP contribution < -0.4 is 5.32 Å². The molecule has 0 aromatic heterocycles. The second-order valence-corrected chi connectivity index (χ2v) is 7.57. The van der Waals surface area contributed by atoms with E-state index in [2.05, 4.69) is 5.32 Å². The minimum atomic E-state index is -4.46. The average molecular weight is 408 g/mol. The molecular formula is C20H19F3N2O2S. The van der Waals surface area contributed by atoms with Crippen LogP contribution in [0, 0.1) is 5.92 Å². The highest BCUT2D eigenvalue weighted by Crippen LogP contribution is 2.39. The minimum Gasteiger partial charge on any atom is -0.339 e. The fraction of sp³-hybridized carbons (Fsp3) is 0.300. The lowest BCUT2D eigenvalue weighted by molar-refractivity contribution is -0.121. The molecule has 148 valence electrons. The van der Waals surface area contributed by atoms with Crippen molar-refractivity contribution in [2.24, 2.45) is 5.92 Å². The van der Waals surface area contributed by atoms with Gasteiger partial charge in [0.2, 0.25) is 5.91 Å². The van der Waals surface area contributed by atoms with Crippen LogP contribution >= 0.6 is 11.8 Å². The van der Waals surface area contributed by atoms with Crippen molar-refractivity contribution in [1.82, 2.24) is 4.90 Å². The summed E-state index contributed by atoms with van der Waals surface area (Å²) in [4.78, 5) is 26.5. The third-order valence-electron chi connectivity index (χ3n) is 4.54. The maximum absolute atomic E-state index is 12.7. The molecule has 3 rings (SSSR count). The van der Waals surface area contributed by atoms with Gasteiger partial charge in [-0.05, 0) is 48.9 Å². The van der Waals surface area contributed by atoms with Crippen molar-refractivity contribution in [2.75, 3.05) is 18.4 Å². The summed E-state index contributed by atoms with van der Waals surface area (Å²) in [5.74, 6) is -0.773. The molecule has 28 heavy (non-hydrogen) atoms. The Labute approximate surface area is 165 Å². The number of thioether (sulfide) groups is 1. The van der Waals surface area contributed by atoms with Gasteiger partial charge in [-0.2, -0.15) is 13.2 Å². The van der Waals surface area contributed by atoms with Crippen LogP contribution in [-0.4, -0.2) is 35.3 Å². The highest BCUT2D eigenvalue weighted by Gasteiger charge is 2.33. The molecule has 1 aliphatic heterocycles. The molecule has 2 aromatic carbocycles. The molecule has 1 fully saturated rings. The number of benzene rings is 2. The van der Waals surface area contributed by atoms with Gasteiger partial charge in [-0.3, -0.25) is 9.59 Å². The molecule has 4 nitrogen and oxygen atoms in total. The van der Waals surface area contributed by atoms with Crippen LogP contribution in [0.15, 0.2) is 59.5 Å². The van der Waals surface area contributed by atoms with Crippen molar-refractivity contribution in [3.05, 3.63) is 60.2 Å². The van der Waals surface area contributed by atoms with Gasteiger partial charge in [0.05, 0.1) is 5.56 Å². The quantitative estimate of drug-likeness (QED) is 0.740. The number of para-hydroxylation sites is 1. The smallest absolute Gasteiger partial charge is 0.339 e. The SMILES string of the molecule is O=C(Nc1ccccc1)C1CCN(C(=O)c2ccccc2SC(F)(F)F)CC1. The van der Waals surface area contributed by atoms with E-state index in [1.807, 2.05) is 18.2 Å². The first-order valence-corrected chi connectivity index (χ1v) is 9.65. The molecule has 1 heterocycles. The third-order valence-corrected chi connectivity index (χ3v) is 5.34. The van der Waals surface area contributed by atoms with Gasteiger partial charge in [0.15, 0.2) is 0 Å². The summed E-state index contributed by atoms with van der Waals surface area (Å²) in [6.07, 6.45) is 0.942. The van der Waals surface area contributed by atoms with E-state index in [-0.39, 0.29) is 34.0 Å². The summed E-state index contributed by atoms with van der Waals surface area (Å²) in [5, 5.41) is 2.85. The topological polar surface area (TPSA) is 49.4 Å². The average Bonchev–Trinajstić information content (AvgIpc) is 2.67. The van der Waals surface area contributed by atoms with Crippen molar-refractivity contribution in [3.8, 4) is 0 Å². The van der Waals surface area contributed by atoms with Crippen molar-refractivity contribution < 1.29 is 22.8 Å². The van der Waals surface area contributed by atoms with Crippen LogP contribution in [0.25, 0.3) is 0 Å². The number of carbonyl (C=O) groups excluding carboxylic acids is 2. The number of nitrogens with one attached hydrogen (secondary N) is 1. The van der Waals surface area contributed by atoms with Crippen LogP contribution in [-0.2, 0) is 4.79 Å². The lowest BCUT2D eigenvalue weighted by atomic mass is 9.95. The van der Waals surface area contributed by atoms with Gasteiger partial charge in [-0.1, -0.05) is 30.3 Å². The number of hydrogen-bond acceptors (Lipinski definition) is 3. The number of anilines is 1. The number of alkyl halides is 3. The molecular weight excluding hydrogens is 389 g/mol. The standard InChI is InChI=1S/C20H19F3N2O2S/c21-20(22,23)28-17-9-5-4-8-16(17)19(27)25-12-10-14(11-13-25)18(26)24-15-6-2-1-3-7-15/h1-9,14H,10-13H2,(H,24,26). The Balaban J connectivity index is 1.61. The number of rotatable bonds is 4. The van der Waals surface area contributed by atoms with Crippen molar-refractivity contribution in [3.63, 3.8) is 0 Å². The van der Waals surface area contributed by atoms with Gasteiger partial charge in [0.25, 0.3) is 5.91 Å². The van der Waals surface area contributed by atoms with Crippen LogP contribution in [0.1, 0.15) is 23.2 Å². The normalized spacial score (nSPS) is 15.3. The third kappa shape index (κ3) is 5.28. The number of piperidine rings is 1. The summed E-state index contributed by atoms with van der Waals surface area (Å²) in [7, 11) is 0. The molecule has 8 heteroatoms. The van der Waals surface area contributed by atoms with Gasteiger partial charge < -0.3 is 10.2 Å². The number of likely N-dealkylation sites (tertiary alicyclic amines) is 1. The van der Waals surface area contributed by atoms with Gasteiger partial charge >= 0.3 is 5.51 Å². The summed E-state index contributed by atoms with van der Waals surface area (Å²) in [6.45, 7) is 0.660. The number of amides is 2. The molecule has 1 N–H and O–H groups in total. The minimum absolute atomic E-state index is 0.0389. The van der Waals surface area contributed by atoms with E-state index in [0.717, 1.165) is 0 Å². The zero-order chi connectivity index (χ0) is 20.1. The van der Waals surface area contributed by atoms with Crippen molar-refractivity contribution in [2.45, 2.75) is 23.2 Å². The Bertz CT molecular complexity index is 835. The Morgan fingerprint density at radius 3 is 2.21 bits per heavy atom. The second kappa shape index (κ2) is 8.68. The molecule has 0 atom stereocenters. The molecule has 0 bridgehead atoms. The fourth-order valence-electron chi connectivity index (χ4n) is 3.14. The molecule has 2 aromatic rings. The van der Waals surface area contributed by atoms with Crippen LogP contribution in [0.4, 0.5) is 18.9 Å². The Kier molecular flexibility index (Phi) is 6.28. The van der Waals surface area contributed by atoms with Gasteiger partial charge in [-0.25, -0.2) is 0 Å². The molecule has 1 aliphatic rings. The molecule has 2 amide bonds. The van der Waals surface area contributed by atoms with E-state index in [4.69, 9.17) is 0 Å². The maximum Gasteiger partial charge on any atom is 0.446 e.